The number of pyridine rings is 2. The number of amides is 2. The number of hydrogen-bond acceptors (Lipinski definition) is 4. The summed E-state index contributed by atoms with van der Waals surface area (Å²) in [5.41, 5.74) is 1.66. The van der Waals surface area contributed by atoms with Crippen molar-refractivity contribution in [3.8, 4) is 0 Å². The Bertz CT molecular complexity index is 718. The summed E-state index contributed by atoms with van der Waals surface area (Å²) in [5.74, 6) is -0.0212. The van der Waals surface area contributed by atoms with E-state index in [-0.39, 0.29) is 24.2 Å². The lowest BCUT2D eigenvalue weighted by Gasteiger charge is -2.16. The van der Waals surface area contributed by atoms with E-state index in [0.717, 1.165) is 11.4 Å². The number of likely N-dealkylation sites (tertiary alicyclic amines) is 1. The number of aromatic nitrogens is 2. The molecule has 2 amide bonds. The van der Waals surface area contributed by atoms with Crippen LogP contribution in [0.4, 0.5) is 5.82 Å². The predicted octanol–water partition coefficient (Wildman–Crippen LogP) is 1.77. The molecular weight excluding hydrogens is 292 g/mol. The molecule has 0 bridgehead atoms. The van der Waals surface area contributed by atoms with Crippen LogP contribution in [0.25, 0.3) is 0 Å². The van der Waals surface area contributed by atoms with Crippen molar-refractivity contribution in [1.29, 1.82) is 0 Å². The van der Waals surface area contributed by atoms with Gasteiger partial charge in [-0.25, -0.2) is 4.98 Å². The maximum absolute atomic E-state index is 12.3. The number of anilines is 1. The summed E-state index contributed by atoms with van der Waals surface area (Å²) in [5, 5.41) is 2.79. The van der Waals surface area contributed by atoms with Gasteiger partial charge in [0.2, 0.25) is 11.8 Å². The average molecular weight is 310 g/mol. The van der Waals surface area contributed by atoms with Gasteiger partial charge in [-0.05, 0) is 31.2 Å². The summed E-state index contributed by atoms with van der Waals surface area (Å²) >= 11 is 0. The van der Waals surface area contributed by atoms with Crippen molar-refractivity contribution >= 4 is 17.6 Å². The standard InChI is InChI=1S/C17H18N4O2/c1-12-5-4-7-15(19-12)20-17(23)13-9-16(22)21(10-13)11-14-6-2-3-8-18-14/h2-8,13H,9-11H2,1H3,(H,19,20,23)/t13-/m1/s1. The Kier molecular flexibility index (Phi) is 4.32. The van der Waals surface area contributed by atoms with Crippen molar-refractivity contribution in [3.63, 3.8) is 0 Å². The molecule has 6 heteroatoms. The molecule has 118 valence electrons. The van der Waals surface area contributed by atoms with Crippen molar-refractivity contribution in [2.24, 2.45) is 5.92 Å². The fourth-order valence-electron chi connectivity index (χ4n) is 2.63. The van der Waals surface area contributed by atoms with E-state index >= 15 is 0 Å². The molecule has 2 aromatic rings. The van der Waals surface area contributed by atoms with Crippen molar-refractivity contribution in [2.45, 2.75) is 19.9 Å². The van der Waals surface area contributed by atoms with Gasteiger partial charge in [0.1, 0.15) is 5.82 Å². The highest BCUT2D eigenvalue weighted by Crippen LogP contribution is 2.21. The van der Waals surface area contributed by atoms with Crippen LogP contribution in [0.5, 0.6) is 0 Å². The molecule has 0 unspecified atom stereocenters. The summed E-state index contributed by atoms with van der Waals surface area (Å²) < 4.78 is 0. The zero-order valence-corrected chi connectivity index (χ0v) is 12.9. The first-order valence-electron chi connectivity index (χ1n) is 7.54. The summed E-state index contributed by atoms with van der Waals surface area (Å²) in [6.07, 6.45) is 1.92. The van der Waals surface area contributed by atoms with Crippen molar-refractivity contribution in [3.05, 3.63) is 54.0 Å². The highest BCUT2D eigenvalue weighted by atomic mass is 16.2. The molecule has 1 atom stereocenters. The van der Waals surface area contributed by atoms with Crippen LogP contribution in [0.15, 0.2) is 42.6 Å². The number of hydrogen-bond donors (Lipinski definition) is 1. The first-order chi connectivity index (χ1) is 11.1. The van der Waals surface area contributed by atoms with E-state index in [0.29, 0.717) is 18.9 Å². The van der Waals surface area contributed by atoms with Crippen LogP contribution in [0.1, 0.15) is 17.8 Å². The van der Waals surface area contributed by atoms with E-state index in [1.54, 1.807) is 17.2 Å². The maximum atomic E-state index is 12.3. The number of nitrogens with one attached hydrogen (secondary N) is 1. The number of nitrogens with zero attached hydrogens (tertiary/aromatic N) is 3. The Labute approximate surface area is 134 Å². The van der Waals surface area contributed by atoms with E-state index < -0.39 is 0 Å². The molecule has 23 heavy (non-hydrogen) atoms. The quantitative estimate of drug-likeness (QED) is 0.934. The molecule has 2 aromatic heterocycles. The minimum atomic E-state index is -0.353. The molecular formula is C17H18N4O2. The average Bonchev–Trinajstić information content (AvgIpc) is 2.89. The number of carbonyl (C=O) groups is 2. The first-order valence-corrected chi connectivity index (χ1v) is 7.54. The predicted molar refractivity (Wildman–Crippen MR) is 85.4 cm³/mol. The van der Waals surface area contributed by atoms with Gasteiger partial charge in [0.15, 0.2) is 0 Å². The van der Waals surface area contributed by atoms with Crippen molar-refractivity contribution in [1.82, 2.24) is 14.9 Å². The molecule has 0 aliphatic carbocycles. The van der Waals surface area contributed by atoms with Gasteiger partial charge in [-0.2, -0.15) is 0 Å². The molecule has 1 fully saturated rings. The van der Waals surface area contributed by atoms with Gasteiger partial charge in [0, 0.05) is 24.9 Å². The Balaban J connectivity index is 1.61. The van der Waals surface area contributed by atoms with Crippen LogP contribution < -0.4 is 5.32 Å². The van der Waals surface area contributed by atoms with Gasteiger partial charge in [-0.1, -0.05) is 12.1 Å². The van der Waals surface area contributed by atoms with Gasteiger partial charge in [0.25, 0.3) is 0 Å². The lowest BCUT2D eigenvalue weighted by molar-refractivity contribution is -0.128. The third-order valence-corrected chi connectivity index (χ3v) is 3.80. The topological polar surface area (TPSA) is 75.2 Å². The fraction of sp³-hybridized carbons (Fsp3) is 0.294. The van der Waals surface area contributed by atoms with Gasteiger partial charge in [-0.15, -0.1) is 0 Å². The Morgan fingerprint density at radius 3 is 2.91 bits per heavy atom. The van der Waals surface area contributed by atoms with Crippen LogP contribution in [-0.2, 0) is 16.1 Å². The molecule has 3 rings (SSSR count). The third-order valence-electron chi connectivity index (χ3n) is 3.80. The van der Waals surface area contributed by atoms with Crippen LogP contribution in [0, 0.1) is 12.8 Å². The first kappa shape index (κ1) is 15.1. The molecule has 6 nitrogen and oxygen atoms in total. The van der Waals surface area contributed by atoms with Gasteiger partial charge in [0.05, 0.1) is 18.2 Å². The second-order valence-corrected chi connectivity index (χ2v) is 5.65. The van der Waals surface area contributed by atoms with Gasteiger partial charge >= 0.3 is 0 Å². The zero-order chi connectivity index (χ0) is 16.2. The lowest BCUT2D eigenvalue weighted by atomic mass is 10.1. The molecule has 0 radical (unpaired) electrons. The Morgan fingerprint density at radius 1 is 1.30 bits per heavy atom. The second kappa shape index (κ2) is 6.56. The van der Waals surface area contributed by atoms with Gasteiger partial charge in [-0.3, -0.25) is 14.6 Å². The normalized spacial score (nSPS) is 17.3. The molecule has 0 spiro atoms. The van der Waals surface area contributed by atoms with E-state index in [1.165, 1.54) is 0 Å². The highest BCUT2D eigenvalue weighted by Gasteiger charge is 2.34. The van der Waals surface area contributed by atoms with Crippen LogP contribution in [0.3, 0.4) is 0 Å². The summed E-state index contributed by atoms with van der Waals surface area (Å²) in [6, 6.07) is 11.0. The lowest BCUT2D eigenvalue weighted by Crippen LogP contribution is -2.28. The second-order valence-electron chi connectivity index (χ2n) is 5.65. The highest BCUT2D eigenvalue weighted by molar-refractivity contribution is 5.96. The van der Waals surface area contributed by atoms with E-state index in [2.05, 4.69) is 15.3 Å². The smallest absolute Gasteiger partial charge is 0.230 e. The van der Waals surface area contributed by atoms with Crippen molar-refractivity contribution < 1.29 is 9.59 Å². The summed E-state index contributed by atoms with van der Waals surface area (Å²) in [4.78, 5) is 34.6. The molecule has 1 aliphatic heterocycles. The SMILES string of the molecule is Cc1cccc(NC(=O)[C@@H]2CC(=O)N(Cc3ccccn3)C2)n1. The molecule has 1 aliphatic rings. The molecule has 0 saturated carbocycles. The Morgan fingerprint density at radius 2 is 2.17 bits per heavy atom. The monoisotopic (exact) mass is 310 g/mol. The van der Waals surface area contributed by atoms with Gasteiger partial charge < -0.3 is 10.2 Å². The number of carbonyl (C=O) groups excluding carboxylic acids is 2. The summed E-state index contributed by atoms with van der Waals surface area (Å²) in [6.45, 7) is 2.71. The number of aryl methyl sites for hydroxylation is 1. The fourth-order valence-corrected chi connectivity index (χ4v) is 2.63. The van der Waals surface area contributed by atoms with E-state index in [9.17, 15) is 9.59 Å². The molecule has 1 N–H and O–H groups in total. The molecule has 0 aromatic carbocycles. The number of rotatable bonds is 4. The Hall–Kier alpha value is -2.76. The van der Waals surface area contributed by atoms with E-state index in [1.807, 2.05) is 37.3 Å². The minimum absolute atomic E-state index is 0.0204. The van der Waals surface area contributed by atoms with Crippen LogP contribution in [-0.4, -0.2) is 33.2 Å². The van der Waals surface area contributed by atoms with Crippen LogP contribution >= 0.6 is 0 Å². The zero-order valence-electron chi connectivity index (χ0n) is 12.9. The maximum Gasteiger partial charge on any atom is 0.230 e. The summed E-state index contributed by atoms with van der Waals surface area (Å²) in [7, 11) is 0. The molecule has 3 heterocycles. The van der Waals surface area contributed by atoms with Crippen molar-refractivity contribution in [2.75, 3.05) is 11.9 Å². The van der Waals surface area contributed by atoms with E-state index in [4.69, 9.17) is 0 Å². The largest absolute Gasteiger partial charge is 0.336 e. The minimum Gasteiger partial charge on any atom is -0.336 e. The van der Waals surface area contributed by atoms with Crippen LogP contribution in [0.2, 0.25) is 0 Å². The molecule has 1 saturated heterocycles. The third kappa shape index (κ3) is 3.71.